The Labute approximate surface area is 104 Å². The predicted molar refractivity (Wildman–Crippen MR) is 69.9 cm³/mol. The highest BCUT2D eigenvalue weighted by atomic mass is 15.2. The van der Waals surface area contributed by atoms with Crippen LogP contribution >= 0.6 is 0 Å². The molecule has 2 N–H and O–H groups in total. The first kappa shape index (κ1) is 12.6. The van der Waals surface area contributed by atoms with Gasteiger partial charge >= 0.3 is 0 Å². The Bertz CT molecular complexity index is 288. The summed E-state index contributed by atoms with van der Waals surface area (Å²) in [6, 6.07) is 2.40. The van der Waals surface area contributed by atoms with Gasteiger partial charge in [0.05, 0.1) is 5.69 Å². The quantitative estimate of drug-likeness (QED) is 0.821. The van der Waals surface area contributed by atoms with Crippen LogP contribution in [0.3, 0.4) is 0 Å². The maximum absolute atomic E-state index is 3.98. The molecule has 1 aromatic rings. The zero-order valence-corrected chi connectivity index (χ0v) is 10.8. The van der Waals surface area contributed by atoms with Gasteiger partial charge in [-0.15, -0.1) is 0 Å². The smallest absolute Gasteiger partial charge is 0.0518 e. The van der Waals surface area contributed by atoms with Gasteiger partial charge in [0.2, 0.25) is 0 Å². The summed E-state index contributed by atoms with van der Waals surface area (Å²) < 4.78 is 0. The second-order valence-corrected chi connectivity index (χ2v) is 4.94. The van der Waals surface area contributed by atoms with Crippen molar-refractivity contribution in [2.45, 2.75) is 38.6 Å². The third-order valence-corrected chi connectivity index (χ3v) is 3.57. The van der Waals surface area contributed by atoms with Crippen LogP contribution in [-0.4, -0.2) is 41.3 Å². The number of aromatic nitrogens is 2. The number of hydrogen-bond donors (Lipinski definition) is 2. The number of H-pyrrole nitrogens is 1. The van der Waals surface area contributed by atoms with Crippen molar-refractivity contribution in [1.29, 1.82) is 0 Å². The van der Waals surface area contributed by atoms with Gasteiger partial charge in [-0.3, -0.25) is 5.10 Å². The molecule has 1 unspecified atom stereocenters. The van der Waals surface area contributed by atoms with Gasteiger partial charge in [0.1, 0.15) is 0 Å². The van der Waals surface area contributed by atoms with Crippen LogP contribution in [0.25, 0.3) is 0 Å². The third kappa shape index (κ3) is 4.13. The SMILES string of the molecule is CC(NCCN1CCCCCC1)c1ccn[nH]1. The molecule has 4 nitrogen and oxygen atoms in total. The van der Waals surface area contributed by atoms with E-state index in [4.69, 9.17) is 0 Å². The van der Waals surface area contributed by atoms with Gasteiger partial charge < -0.3 is 10.2 Å². The van der Waals surface area contributed by atoms with E-state index in [0.717, 1.165) is 6.54 Å². The minimum atomic E-state index is 0.365. The van der Waals surface area contributed by atoms with E-state index in [-0.39, 0.29) is 0 Å². The monoisotopic (exact) mass is 236 g/mol. The highest BCUT2D eigenvalue weighted by molar-refractivity contribution is 5.02. The highest BCUT2D eigenvalue weighted by Gasteiger charge is 2.10. The third-order valence-electron chi connectivity index (χ3n) is 3.57. The van der Waals surface area contributed by atoms with E-state index in [1.54, 1.807) is 0 Å². The molecule has 96 valence electrons. The molecule has 0 radical (unpaired) electrons. The molecule has 0 bridgehead atoms. The highest BCUT2D eigenvalue weighted by Crippen LogP contribution is 2.10. The van der Waals surface area contributed by atoms with E-state index in [9.17, 15) is 0 Å². The summed E-state index contributed by atoms with van der Waals surface area (Å²) in [6.07, 6.45) is 7.37. The molecule has 1 fully saturated rings. The number of nitrogens with one attached hydrogen (secondary N) is 2. The molecule has 17 heavy (non-hydrogen) atoms. The summed E-state index contributed by atoms with van der Waals surface area (Å²) in [5.41, 5.74) is 1.17. The Kier molecular flexibility index (Phi) is 5.01. The fourth-order valence-corrected chi connectivity index (χ4v) is 2.42. The molecule has 4 heteroatoms. The van der Waals surface area contributed by atoms with Crippen molar-refractivity contribution in [3.63, 3.8) is 0 Å². The standard InChI is InChI=1S/C13H24N4/c1-12(13-6-7-15-16-13)14-8-11-17-9-4-2-3-5-10-17/h6-7,12,14H,2-5,8-11H2,1H3,(H,15,16). The predicted octanol–water partition coefficient (Wildman–Crippen LogP) is 1.94. The Morgan fingerprint density at radius 2 is 2.12 bits per heavy atom. The number of likely N-dealkylation sites (tertiary alicyclic amines) is 1. The molecule has 0 spiro atoms. The lowest BCUT2D eigenvalue weighted by Gasteiger charge is -2.21. The molecule has 1 aromatic heterocycles. The van der Waals surface area contributed by atoms with Crippen molar-refractivity contribution in [2.75, 3.05) is 26.2 Å². The number of nitrogens with zero attached hydrogens (tertiary/aromatic N) is 2. The van der Waals surface area contributed by atoms with Gasteiger partial charge in [-0.05, 0) is 38.9 Å². The van der Waals surface area contributed by atoms with Crippen molar-refractivity contribution in [1.82, 2.24) is 20.4 Å². The van der Waals surface area contributed by atoms with Crippen molar-refractivity contribution < 1.29 is 0 Å². The lowest BCUT2D eigenvalue weighted by atomic mass is 10.2. The second-order valence-electron chi connectivity index (χ2n) is 4.94. The molecule has 1 saturated heterocycles. The van der Waals surface area contributed by atoms with Crippen molar-refractivity contribution in [3.8, 4) is 0 Å². The minimum Gasteiger partial charge on any atom is -0.308 e. The van der Waals surface area contributed by atoms with Gasteiger partial charge in [-0.25, -0.2) is 0 Å². The normalized spacial score (nSPS) is 20.1. The number of hydrogen-bond acceptors (Lipinski definition) is 3. The first-order chi connectivity index (χ1) is 8.36. The summed E-state index contributed by atoms with van der Waals surface area (Å²) >= 11 is 0. The zero-order chi connectivity index (χ0) is 11.9. The first-order valence-electron chi connectivity index (χ1n) is 6.81. The van der Waals surface area contributed by atoms with Crippen LogP contribution in [0.2, 0.25) is 0 Å². The van der Waals surface area contributed by atoms with Crippen LogP contribution in [0.15, 0.2) is 12.3 Å². The molecule has 0 aromatic carbocycles. The molecular weight excluding hydrogens is 212 g/mol. The van der Waals surface area contributed by atoms with E-state index in [0.29, 0.717) is 6.04 Å². The van der Waals surface area contributed by atoms with Crippen LogP contribution in [0.4, 0.5) is 0 Å². The maximum atomic E-state index is 3.98. The van der Waals surface area contributed by atoms with E-state index < -0.39 is 0 Å². The average Bonchev–Trinajstić information content (AvgIpc) is 2.75. The van der Waals surface area contributed by atoms with Gasteiger partial charge in [0, 0.05) is 25.3 Å². The summed E-state index contributed by atoms with van der Waals surface area (Å²) in [4.78, 5) is 2.58. The van der Waals surface area contributed by atoms with Gasteiger partial charge in [-0.1, -0.05) is 12.8 Å². The van der Waals surface area contributed by atoms with Crippen molar-refractivity contribution in [3.05, 3.63) is 18.0 Å². The Morgan fingerprint density at radius 3 is 2.76 bits per heavy atom. The first-order valence-corrected chi connectivity index (χ1v) is 6.81. The molecule has 0 amide bonds. The van der Waals surface area contributed by atoms with Gasteiger partial charge in [0.15, 0.2) is 0 Å². The number of rotatable bonds is 5. The molecular formula is C13H24N4. The van der Waals surface area contributed by atoms with E-state index in [1.807, 2.05) is 12.3 Å². The molecule has 2 heterocycles. The summed E-state index contributed by atoms with van der Waals surface area (Å²) in [7, 11) is 0. The lowest BCUT2D eigenvalue weighted by molar-refractivity contribution is 0.280. The molecule has 0 aliphatic carbocycles. The Balaban J connectivity index is 1.65. The van der Waals surface area contributed by atoms with E-state index in [1.165, 1.54) is 51.0 Å². The fraction of sp³-hybridized carbons (Fsp3) is 0.769. The maximum Gasteiger partial charge on any atom is 0.0518 e. The van der Waals surface area contributed by atoms with Gasteiger partial charge in [-0.2, -0.15) is 5.10 Å². The van der Waals surface area contributed by atoms with Crippen molar-refractivity contribution in [2.24, 2.45) is 0 Å². The van der Waals surface area contributed by atoms with Crippen LogP contribution < -0.4 is 5.32 Å². The Morgan fingerprint density at radius 1 is 1.35 bits per heavy atom. The van der Waals surface area contributed by atoms with Crippen LogP contribution in [0.5, 0.6) is 0 Å². The van der Waals surface area contributed by atoms with Gasteiger partial charge in [0.25, 0.3) is 0 Å². The van der Waals surface area contributed by atoms with Crippen LogP contribution in [0, 0.1) is 0 Å². The van der Waals surface area contributed by atoms with Crippen LogP contribution in [0.1, 0.15) is 44.3 Å². The van der Waals surface area contributed by atoms with E-state index in [2.05, 4.69) is 27.3 Å². The zero-order valence-electron chi connectivity index (χ0n) is 10.8. The Hall–Kier alpha value is -0.870. The topological polar surface area (TPSA) is 44.0 Å². The molecule has 2 rings (SSSR count). The molecule has 0 saturated carbocycles. The van der Waals surface area contributed by atoms with Crippen molar-refractivity contribution >= 4 is 0 Å². The second kappa shape index (κ2) is 6.77. The lowest BCUT2D eigenvalue weighted by Crippen LogP contribution is -2.33. The largest absolute Gasteiger partial charge is 0.308 e. The summed E-state index contributed by atoms with van der Waals surface area (Å²) in [5.74, 6) is 0. The molecule has 1 aliphatic rings. The van der Waals surface area contributed by atoms with E-state index >= 15 is 0 Å². The number of aromatic amines is 1. The fourth-order valence-electron chi connectivity index (χ4n) is 2.42. The minimum absolute atomic E-state index is 0.365. The molecule has 1 atom stereocenters. The molecule has 1 aliphatic heterocycles. The average molecular weight is 236 g/mol. The summed E-state index contributed by atoms with van der Waals surface area (Å²) in [5, 5.41) is 10.5. The summed E-state index contributed by atoms with van der Waals surface area (Å²) in [6.45, 7) is 6.95. The van der Waals surface area contributed by atoms with Crippen LogP contribution in [-0.2, 0) is 0 Å².